The first-order chi connectivity index (χ1) is 8.06. The summed E-state index contributed by atoms with van der Waals surface area (Å²) in [4.78, 5) is 0. The standard InChI is InChI=1S/C13H6Cl4/c14-8-2-6-1-7-3-9(15)5-11(17)13(7)12(6)10(16)4-8/h2-5H,1H2. The molecular weight excluding hydrogens is 298 g/mol. The summed E-state index contributed by atoms with van der Waals surface area (Å²) in [5.41, 5.74) is 4.16. The minimum Gasteiger partial charge on any atom is -0.0843 e. The maximum absolute atomic E-state index is 6.24. The van der Waals surface area contributed by atoms with Crippen LogP contribution in [-0.4, -0.2) is 0 Å². The van der Waals surface area contributed by atoms with Gasteiger partial charge in [-0.3, -0.25) is 0 Å². The van der Waals surface area contributed by atoms with Crippen LogP contribution in [-0.2, 0) is 6.42 Å². The number of hydrogen-bond acceptors (Lipinski definition) is 0. The van der Waals surface area contributed by atoms with E-state index < -0.39 is 0 Å². The van der Waals surface area contributed by atoms with Crippen molar-refractivity contribution >= 4 is 46.4 Å². The molecule has 86 valence electrons. The zero-order valence-electron chi connectivity index (χ0n) is 8.53. The van der Waals surface area contributed by atoms with Gasteiger partial charge in [0, 0.05) is 21.2 Å². The van der Waals surface area contributed by atoms with Gasteiger partial charge in [0.25, 0.3) is 0 Å². The topological polar surface area (TPSA) is 0 Å². The molecule has 0 fully saturated rings. The monoisotopic (exact) mass is 302 g/mol. The zero-order valence-corrected chi connectivity index (χ0v) is 11.6. The fourth-order valence-electron chi connectivity index (χ4n) is 2.30. The summed E-state index contributed by atoms with van der Waals surface area (Å²) in [6.45, 7) is 0. The minimum atomic E-state index is 0.635. The van der Waals surface area contributed by atoms with Crippen molar-refractivity contribution in [2.45, 2.75) is 6.42 Å². The summed E-state index contributed by atoms with van der Waals surface area (Å²) < 4.78 is 0. The molecule has 4 heteroatoms. The number of benzene rings is 2. The molecule has 0 N–H and O–H groups in total. The molecule has 0 aromatic heterocycles. The number of fused-ring (bicyclic) bond motifs is 3. The highest BCUT2D eigenvalue weighted by atomic mass is 35.5. The smallest absolute Gasteiger partial charge is 0.0502 e. The van der Waals surface area contributed by atoms with Crippen LogP contribution in [0.25, 0.3) is 11.1 Å². The average molecular weight is 304 g/mol. The van der Waals surface area contributed by atoms with E-state index in [1.165, 1.54) is 0 Å². The Hall–Kier alpha value is -0.400. The van der Waals surface area contributed by atoms with E-state index in [1.54, 1.807) is 12.1 Å². The maximum atomic E-state index is 6.24. The fraction of sp³-hybridized carbons (Fsp3) is 0.0769. The first-order valence-corrected chi connectivity index (χ1v) is 6.53. The lowest BCUT2D eigenvalue weighted by Gasteiger charge is -2.07. The van der Waals surface area contributed by atoms with Crippen LogP contribution < -0.4 is 0 Å². The number of halogens is 4. The maximum Gasteiger partial charge on any atom is 0.0502 e. The second-order valence-corrected chi connectivity index (χ2v) is 5.71. The van der Waals surface area contributed by atoms with Crippen LogP contribution in [0, 0.1) is 0 Å². The van der Waals surface area contributed by atoms with Crippen LogP contribution in [0.4, 0.5) is 0 Å². The van der Waals surface area contributed by atoms with E-state index in [-0.39, 0.29) is 0 Å². The third-order valence-corrected chi connectivity index (χ3v) is 3.94. The molecule has 0 amide bonds. The van der Waals surface area contributed by atoms with Crippen molar-refractivity contribution in [2.75, 3.05) is 0 Å². The van der Waals surface area contributed by atoms with Crippen molar-refractivity contribution in [1.29, 1.82) is 0 Å². The first kappa shape index (κ1) is 11.7. The lowest BCUT2D eigenvalue weighted by Crippen LogP contribution is -1.82. The van der Waals surface area contributed by atoms with Crippen molar-refractivity contribution in [1.82, 2.24) is 0 Å². The van der Waals surface area contributed by atoms with Crippen LogP contribution in [0.2, 0.25) is 20.1 Å². The lowest BCUT2D eigenvalue weighted by molar-refractivity contribution is 1.26. The van der Waals surface area contributed by atoms with Gasteiger partial charge in [0.05, 0.1) is 10.0 Å². The van der Waals surface area contributed by atoms with Crippen molar-refractivity contribution < 1.29 is 0 Å². The largest absolute Gasteiger partial charge is 0.0843 e. The molecule has 0 unspecified atom stereocenters. The summed E-state index contributed by atoms with van der Waals surface area (Å²) in [6.07, 6.45) is 0.769. The second kappa shape index (κ2) is 4.07. The summed E-state index contributed by atoms with van der Waals surface area (Å²) >= 11 is 24.5. The molecule has 0 heterocycles. The highest BCUT2D eigenvalue weighted by molar-refractivity contribution is 6.40. The third-order valence-electron chi connectivity index (χ3n) is 2.90. The molecule has 0 saturated heterocycles. The summed E-state index contributed by atoms with van der Waals surface area (Å²) in [5, 5.41) is 2.55. The molecule has 2 aromatic rings. The second-order valence-electron chi connectivity index (χ2n) is 4.02. The Labute approximate surface area is 119 Å². The molecule has 0 aliphatic heterocycles. The van der Waals surface area contributed by atoms with Gasteiger partial charge in [-0.1, -0.05) is 46.4 Å². The van der Waals surface area contributed by atoms with Crippen molar-refractivity contribution in [3.63, 3.8) is 0 Å². The molecule has 2 aromatic carbocycles. The third kappa shape index (κ3) is 1.84. The molecular formula is C13H6Cl4. The van der Waals surface area contributed by atoms with Crippen molar-refractivity contribution in [3.05, 3.63) is 55.5 Å². The van der Waals surface area contributed by atoms with E-state index in [9.17, 15) is 0 Å². The molecule has 3 rings (SSSR count). The van der Waals surface area contributed by atoms with Gasteiger partial charge in [0.1, 0.15) is 0 Å². The normalized spacial score (nSPS) is 12.5. The van der Waals surface area contributed by atoms with Gasteiger partial charge in [-0.15, -0.1) is 0 Å². The highest BCUT2D eigenvalue weighted by Crippen LogP contribution is 2.46. The molecule has 0 spiro atoms. The molecule has 1 aliphatic rings. The molecule has 1 aliphatic carbocycles. The van der Waals surface area contributed by atoms with Gasteiger partial charge >= 0.3 is 0 Å². The van der Waals surface area contributed by atoms with Gasteiger partial charge in [-0.05, 0) is 41.8 Å². The van der Waals surface area contributed by atoms with Crippen LogP contribution >= 0.6 is 46.4 Å². The van der Waals surface area contributed by atoms with Gasteiger partial charge in [0.2, 0.25) is 0 Å². The summed E-state index contributed by atoms with van der Waals surface area (Å²) in [5.74, 6) is 0. The highest BCUT2D eigenvalue weighted by Gasteiger charge is 2.24. The van der Waals surface area contributed by atoms with Gasteiger partial charge in [-0.2, -0.15) is 0 Å². The first-order valence-electron chi connectivity index (χ1n) is 5.02. The SMILES string of the molecule is Clc1cc(Cl)c2c(c1)Cc1cc(Cl)cc(Cl)c1-2. The Kier molecular flexibility index (Phi) is 2.79. The van der Waals surface area contributed by atoms with Crippen LogP contribution in [0.1, 0.15) is 11.1 Å². The Bertz CT molecular complexity index is 576. The van der Waals surface area contributed by atoms with E-state index in [2.05, 4.69) is 0 Å². The molecule has 17 heavy (non-hydrogen) atoms. The Balaban J connectivity index is 2.35. The molecule has 0 bridgehead atoms. The van der Waals surface area contributed by atoms with E-state index in [4.69, 9.17) is 46.4 Å². The summed E-state index contributed by atoms with van der Waals surface area (Å²) in [6, 6.07) is 7.32. The van der Waals surface area contributed by atoms with Gasteiger partial charge in [0.15, 0.2) is 0 Å². The van der Waals surface area contributed by atoms with E-state index in [0.29, 0.717) is 20.1 Å². The lowest BCUT2D eigenvalue weighted by atomic mass is 10.1. The van der Waals surface area contributed by atoms with Gasteiger partial charge in [-0.25, -0.2) is 0 Å². The predicted molar refractivity (Wildman–Crippen MR) is 74.7 cm³/mol. The van der Waals surface area contributed by atoms with Gasteiger partial charge < -0.3 is 0 Å². The van der Waals surface area contributed by atoms with Crippen LogP contribution in [0.3, 0.4) is 0 Å². The van der Waals surface area contributed by atoms with Crippen molar-refractivity contribution in [2.24, 2.45) is 0 Å². The number of rotatable bonds is 0. The number of hydrogen-bond donors (Lipinski definition) is 0. The molecule has 0 nitrogen and oxygen atoms in total. The molecule has 0 saturated carbocycles. The quantitative estimate of drug-likeness (QED) is 0.487. The van der Waals surface area contributed by atoms with Crippen LogP contribution in [0.15, 0.2) is 24.3 Å². The zero-order chi connectivity index (χ0) is 12.2. The van der Waals surface area contributed by atoms with E-state index in [0.717, 1.165) is 28.7 Å². The Morgan fingerprint density at radius 2 is 1.06 bits per heavy atom. The Morgan fingerprint density at radius 1 is 0.647 bits per heavy atom. The molecule has 0 atom stereocenters. The van der Waals surface area contributed by atoms with E-state index in [1.807, 2.05) is 12.1 Å². The molecule has 0 radical (unpaired) electrons. The van der Waals surface area contributed by atoms with Crippen molar-refractivity contribution in [3.8, 4) is 11.1 Å². The summed E-state index contributed by atoms with van der Waals surface area (Å²) in [7, 11) is 0. The average Bonchev–Trinajstić information content (AvgIpc) is 2.55. The van der Waals surface area contributed by atoms with E-state index >= 15 is 0 Å². The minimum absolute atomic E-state index is 0.635. The Morgan fingerprint density at radius 3 is 1.47 bits per heavy atom. The fourth-order valence-corrected chi connectivity index (χ4v) is 3.56. The predicted octanol–water partition coefficient (Wildman–Crippen LogP) is 5.87. The van der Waals surface area contributed by atoms with Crippen LogP contribution in [0.5, 0.6) is 0 Å².